The Morgan fingerprint density at radius 3 is 2.43 bits per heavy atom. The van der Waals surface area contributed by atoms with Gasteiger partial charge in [-0.15, -0.1) is 0 Å². The Labute approximate surface area is 87.1 Å². The highest BCUT2D eigenvalue weighted by Crippen LogP contribution is 2.09. The lowest BCUT2D eigenvalue weighted by Crippen LogP contribution is -2.38. The summed E-state index contributed by atoms with van der Waals surface area (Å²) in [5.41, 5.74) is 0. The van der Waals surface area contributed by atoms with Gasteiger partial charge in [-0.2, -0.15) is 0 Å². The normalized spacial score (nSPS) is 21.4. The summed E-state index contributed by atoms with van der Waals surface area (Å²) in [6, 6.07) is 0. The molecule has 1 heterocycles. The van der Waals surface area contributed by atoms with Crippen molar-refractivity contribution in [1.29, 1.82) is 0 Å². The second-order valence-corrected chi connectivity index (χ2v) is 4.40. The summed E-state index contributed by atoms with van der Waals surface area (Å²) < 4.78 is 5.37. The van der Waals surface area contributed by atoms with Gasteiger partial charge in [0.15, 0.2) is 0 Å². The molecule has 0 amide bonds. The third-order valence-electron chi connectivity index (χ3n) is 2.54. The van der Waals surface area contributed by atoms with E-state index in [0.717, 1.165) is 19.6 Å². The number of aliphatic hydroxyl groups is 1. The maximum absolute atomic E-state index is 9.68. The van der Waals surface area contributed by atoms with Gasteiger partial charge in [-0.05, 0) is 39.8 Å². The van der Waals surface area contributed by atoms with Crippen molar-refractivity contribution in [2.24, 2.45) is 0 Å². The molecule has 1 rings (SSSR count). The number of rotatable bonds is 5. The van der Waals surface area contributed by atoms with Gasteiger partial charge in [-0.3, -0.25) is 0 Å². The first-order valence-electron chi connectivity index (χ1n) is 5.70. The van der Waals surface area contributed by atoms with Crippen molar-refractivity contribution < 1.29 is 9.84 Å². The van der Waals surface area contributed by atoms with Gasteiger partial charge in [0.1, 0.15) is 0 Å². The smallest absolute Gasteiger partial charge is 0.0900 e. The molecule has 0 bridgehead atoms. The van der Waals surface area contributed by atoms with Crippen molar-refractivity contribution in [1.82, 2.24) is 4.90 Å². The van der Waals surface area contributed by atoms with E-state index in [0.29, 0.717) is 6.61 Å². The van der Waals surface area contributed by atoms with Gasteiger partial charge in [0.05, 0.1) is 18.8 Å². The van der Waals surface area contributed by atoms with Crippen LogP contribution in [0.1, 0.15) is 33.1 Å². The zero-order valence-electron chi connectivity index (χ0n) is 9.41. The number of piperidine rings is 1. The van der Waals surface area contributed by atoms with E-state index in [9.17, 15) is 5.11 Å². The van der Waals surface area contributed by atoms with Gasteiger partial charge in [-0.1, -0.05) is 6.42 Å². The number of aliphatic hydroxyl groups excluding tert-OH is 1. The zero-order chi connectivity index (χ0) is 10.4. The molecule has 1 unspecified atom stereocenters. The van der Waals surface area contributed by atoms with Crippen molar-refractivity contribution in [2.75, 3.05) is 26.2 Å². The monoisotopic (exact) mass is 201 g/mol. The number of likely N-dealkylation sites (tertiary alicyclic amines) is 1. The van der Waals surface area contributed by atoms with Crippen molar-refractivity contribution in [3.05, 3.63) is 0 Å². The average Bonchev–Trinajstić information content (AvgIpc) is 2.16. The minimum absolute atomic E-state index is 0.214. The first kappa shape index (κ1) is 12.0. The van der Waals surface area contributed by atoms with E-state index in [1.165, 1.54) is 19.3 Å². The van der Waals surface area contributed by atoms with E-state index in [4.69, 9.17) is 4.74 Å². The van der Waals surface area contributed by atoms with Crippen LogP contribution < -0.4 is 0 Å². The van der Waals surface area contributed by atoms with Crippen LogP contribution in [0.15, 0.2) is 0 Å². The largest absolute Gasteiger partial charge is 0.389 e. The molecule has 1 N–H and O–H groups in total. The molecule has 0 aromatic rings. The van der Waals surface area contributed by atoms with Crippen LogP contribution in [-0.4, -0.2) is 48.5 Å². The molecular formula is C11H23NO2. The standard InChI is InChI=1S/C11H23NO2/c1-10(2)14-9-11(13)8-12-6-4-3-5-7-12/h10-11,13H,3-9H2,1-2H3. The van der Waals surface area contributed by atoms with Crippen molar-refractivity contribution in [3.8, 4) is 0 Å². The van der Waals surface area contributed by atoms with Crippen LogP contribution in [0, 0.1) is 0 Å². The summed E-state index contributed by atoms with van der Waals surface area (Å²) in [5.74, 6) is 0. The second kappa shape index (κ2) is 6.38. The minimum atomic E-state index is -0.324. The molecule has 84 valence electrons. The third-order valence-corrected chi connectivity index (χ3v) is 2.54. The molecule has 0 spiro atoms. The van der Waals surface area contributed by atoms with Crippen LogP contribution in [0.5, 0.6) is 0 Å². The maximum Gasteiger partial charge on any atom is 0.0900 e. The van der Waals surface area contributed by atoms with Crippen molar-refractivity contribution >= 4 is 0 Å². The van der Waals surface area contributed by atoms with Gasteiger partial charge in [-0.25, -0.2) is 0 Å². The van der Waals surface area contributed by atoms with Crippen molar-refractivity contribution in [3.63, 3.8) is 0 Å². The fourth-order valence-electron chi connectivity index (χ4n) is 1.80. The van der Waals surface area contributed by atoms with Crippen LogP contribution in [0.3, 0.4) is 0 Å². The molecule has 14 heavy (non-hydrogen) atoms. The Balaban J connectivity index is 2.09. The van der Waals surface area contributed by atoms with Crippen molar-refractivity contribution in [2.45, 2.75) is 45.3 Å². The number of β-amino-alcohol motifs (C(OH)–C–C–N with tert-alkyl or cyclic N) is 1. The van der Waals surface area contributed by atoms with Crippen LogP contribution in [0.25, 0.3) is 0 Å². The van der Waals surface area contributed by atoms with Gasteiger partial charge in [0.25, 0.3) is 0 Å². The lowest BCUT2D eigenvalue weighted by Gasteiger charge is -2.28. The fraction of sp³-hybridized carbons (Fsp3) is 1.00. The molecular weight excluding hydrogens is 178 g/mol. The van der Waals surface area contributed by atoms with Crippen LogP contribution >= 0.6 is 0 Å². The maximum atomic E-state index is 9.68. The number of hydrogen-bond donors (Lipinski definition) is 1. The molecule has 3 heteroatoms. The van der Waals surface area contributed by atoms with Gasteiger partial charge in [0.2, 0.25) is 0 Å². The molecule has 1 fully saturated rings. The first-order valence-corrected chi connectivity index (χ1v) is 5.70. The molecule has 0 aromatic heterocycles. The molecule has 0 aromatic carbocycles. The van der Waals surface area contributed by atoms with Crippen LogP contribution in [0.4, 0.5) is 0 Å². The summed E-state index contributed by atoms with van der Waals surface area (Å²) in [7, 11) is 0. The van der Waals surface area contributed by atoms with E-state index < -0.39 is 0 Å². The SMILES string of the molecule is CC(C)OCC(O)CN1CCCCC1. The Morgan fingerprint density at radius 2 is 1.86 bits per heavy atom. The second-order valence-electron chi connectivity index (χ2n) is 4.40. The highest BCUT2D eigenvalue weighted by molar-refractivity contribution is 4.68. The van der Waals surface area contributed by atoms with E-state index >= 15 is 0 Å². The molecule has 0 saturated carbocycles. The van der Waals surface area contributed by atoms with Crippen LogP contribution in [-0.2, 0) is 4.74 Å². The molecule has 0 aliphatic carbocycles. The van der Waals surface area contributed by atoms with Gasteiger partial charge >= 0.3 is 0 Å². The summed E-state index contributed by atoms with van der Waals surface area (Å²) in [4.78, 5) is 2.33. The summed E-state index contributed by atoms with van der Waals surface area (Å²) in [6.07, 6.45) is 3.78. The summed E-state index contributed by atoms with van der Waals surface area (Å²) >= 11 is 0. The van der Waals surface area contributed by atoms with Crippen LogP contribution in [0.2, 0.25) is 0 Å². The molecule has 3 nitrogen and oxygen atoms in total. The molecule has 1 atom stereocenters. The van der Waals surface area contributed by atoms with Gasteiger partial charge < -0.3 is 14.7 Å². The predicted molar refractivity (Wildman–Crippen MR) is 57.4 cm³/mol. The quantitative estimate of drug-likeness (QED) is 0.727. The number of nitrogens with zero attached hydrogens (tertiary/aromatic N) is 1. The molecule has 1 saturated heterocycles. The molecule has 1 aliphatic rings. The topological polar surface area (TPSA) is 32.7 Å². The number of hydrogen-bond acceptors (Lipinski definition) is 3. The number of ether oxygens (including phenoxy) is 1. The first-order chi connectivity index (χ1) is 6.68. The Hall–Kier alpha value is -0.120. The van der Waals surface area contributed by atoms with E-state index in [-0.39, 0.29) is 12.2 Å². The highest BCUT2D eigenvalue weighted by atomic mass is 16.5. The lowest BCUT2D eigenvalue weighted by atomic mass is 10.1. The Kier molecular flexibility index (Phi) is 5.45. The lowest BCUT2D eigenvalue weighted by molar-refractivity contribution is -0.0105. The van der Waals surface area contributed by atoms with E-state index in [1.54, 1.807) is 0 Å². The average molecular weight is 201 g/mol. The third kappa shape index (κ3) is 4.94. The Bertz CT molecular complexity index is 144. The molecule has 0 radical (unpaired) electrons. The van der Waals surface area contributed by atoms with E-state index in [2.05, 4.69) is 4.90 Å². The summed E-state index contributed by atoms with van der Waals surface area (Å²) in [5, 5.41) is 9.68. The minimum Gasteiger partial charge on any atom is -0.389 e. The van der Waals surface area contributed by atoms with E-state index in [1.807, 2.05) is 13.8 Å². The fourth-order valence-corrected chi connectivity index (χ4v) is 1.80. The highest BCUT2D eigenvalue weighted by Gasteiger charge is 2.14. The zero-order valence-corrected chi connectivity index (χ0v) is 9.41. The predicted octanol–water partition coefficient (Wildman–Crippen LogP) is 1.26. The summed E-state index contributed by atoms with van der Waals surface area (Å²) in [6.45, 7) is 7.50. The van der Waals surface area contributed by atoms with Gasteiger partial charge in [0, 0.05) is 6.54 Å². The molecule has 1 aliphatic heterocycles. The Morgan fingerprint density at radius 1 is 1.21 bits per heavy atom.